The SMILES string of the molecule is CCN(CC)c1nc(N/N=C/c2ccc([N+](=O)[O-])o2)nc(N2CCC2)n1. The van der Waals surface area contributed by atoms with Crippen molar-refractivity contribution in [1.29, 1.82) is 0 Å². The molecule has 0 aliphatic carbocycles. The van der Waals surface area contributed by atoms with Crippen molar-refractivity contribution in [2.24, 2.45) is 5.10 Å². The van der Waals surface area contributed by atoms with Crippen molar-refractivity contribution in [2.75, 3.05) is 41.4 Å². The first kappa shape index (κ1) is 17.6. The predicted octanol–water partition coefficient (Wildman–Crippen LogP) is 1.88. The first-order valence-electron chi connectivity index (χ1n) is 8.40. The molecule has 11 nitrogen and oxygen atoms in total. The Kier molecular flexibility index (Phi) is 5.25. The maximum atomic E-state index is 10.6. The first-order chi connectivity index (χ1) is 12.6. The second-order valence-corrected chi connectivity index (χ2v) is 5.58. The standard InChI is InChI=1S/C15H20N8O3/c1-3-21(4-2)14-17-13(18-15(19-14)22-8-5-9-22)20-16-10-11-6-7-12(26-11)23(24)25/h6-7,10H,3-5,8-9H2,1-2H3,(H,17,18,19,20)/b16-10+. The molecule has 1 fully saturated rings. The van der Waals surface area contributed by atoms with E-state index < -0.39 is 4.92 Å². The highest BCUT2D eigenvalue weighted by atomic mass is 16.6. The molecular formula is C15H20N8O3. The molecule has 1 aliphatic rings. The lowest BCUT2D eigenvalue weighted by Crippen LogP contribution is -2.39. The van der Waals surface area contributed by atoms with Gasteiger partial charge in [0.05, 0.1) is 12.3 Å². The predicted molar refractivity (Wildman–Crippen MR) is 96.8 cm³/mol. The molecule has 0 saturated carbocycles. The molecule has 1 N–H and O–H groups in total. The smallest absolute Gasteiger partial charge is 0.400 e. The molecular weight excluding hydrogens is 340 g/mol. The molecule has 2 aromatic rings. The number of hydrogen-bond acceptors (Lipinski definition) is 10. The molecule has 0 atom stereocenters. The van der Waals surface area contributed by atoms with E-state index in [1.807, 2.05) is 18.7 Å². The highest BCUT2D eigenvalue weighted by molar-refractivity contribution is 5.76. The van der Waals surface area contributed by atoms with Gasteiger partial charge < -0.3 is 14.2 Å². The Balaban J connectivity index is 1.77. The minimum absolute atomic E-state index is 0.255. The van der Waals surface area contributed by atoms with Gasteiger partial charge in [0.15, 0.2) is 5.76 Å². The van der Waals surface area contributed by atoms with E-state index in [4.69, 9.17) is 4.42 Å². The average Bonchev–Trinajstić information content (AvgIpc) is 3.04. The Morgan fingerprint density at radius 3 is 2.69 bits per heavy atom. The number of furan rings is 1. The Hall–Kier alpha value is -3.24. The summed E-state index contributed by atoms with van der Waals surface area (Å²) in [5, 5.41) is 14.6. The van der Waals surface area contributed by atoms with Crippen LogP contribution in [0, 0.1) is 10.1 Å². The normalized spacial score (nSPS) is 13.7. The van der Waals surface area contributed by atoms with Crippen LogP contribution in [0.15, 0.2) is 21.7 Å². The van der Waals surface area contributed by atoms with Gasteiger partial charge in [-0.1, -0.05) is 0 Å². The van der Waals surface area contributed by atoms with Crippen molar-refractivity contribution < 1.29 is 9.34 Å². The van der Waals surface area contributed by atoms with E-state index in [-0.39, 0.29) is 11.6 Å². The summed E-state index contributed by atoms with van der Waals surface area (Å²) in [7, 11) is 0. The number of nitro groups is 1. The second-order valence-electron chi connectivity index (χ2n) is 5.58. The third kappa shape index (κ3) is 3.87. The maximum Gasteiger partial charge on any atom is 0.433 e. The molecule has 26 heavy (non-hydrogen) atoms. The molecule has 1 aliphatic heterocycles. The largest absolute Gasteiger partial charge is 0.433 e. The number of nitrogens with zero attached hydrogens (tertiary/aromatic N) is 7. The number of nitrogens with one attached hydrogen (secondary N) is 1. The lowest BCUT2D eigenvalue weighted by atomic mass is 10.2. The Labute approximate surface area is 149 Å². The molecule has 3 heterocycles. The quantitative estimate of drug-likeness (QED) is 0.426. The zero-order valence-electron chi connectivity index (χ0n) is 14.6. The van der Waals surface area contributed by atoms with Gasteiger partial charge in [-0.15, -0.1) is 0 Å². The zero-order valence-corrected chi connectivity index (χ0v) is 14.6. The molecule has 138 valence electrons. The van der Waals surface area contributed by atoms with Crippen LogP contribution in [0.3, 0.4) is 0 Å². The van der Waals surface area contributed by atoms with Crippen LogP contribution in [-0.2, 0) is 0 Å². The highest BCUT2D eigenvalue weighted by Crippen LogP contribution is 2.20. The molecule has 0 radical (unpaired) electrons. The number of anilines is 3. The Bertz CT molecular complexity index is 798. The van der Waals surface area contributed by atoms with E-state index in [1.165, 1.54) is 18.3 Å². The van der Waals surface area contributed by atoms with Crippen molar-refractivity contribution in [2.45, 2.75) is 20.3 Å². The number of hydrazone groups is 1. The molecule has 0 spiro atoms. The van der Waals surface area contributed by atoms with Crippen molar-refractivity contribution in [3.63, 3.8) is 0 Å². The van der Waals surface area contributed by atoms with Crippen LogP contribution in [0.25, 0.3) is 0 Å². The number of hydrogen-bond donors (Lipinski definition) is 1. The third-order valence-electron chi connectivity index (χ3n) is 3.95. The monoisotopic (exact) mass is 360 g/mol. The molecule has 0 bridgehead atoms. The fourth-order valence-electron chi connectivity index (χ4n) is 2.37. The molecule has 2 aromatic heterocycles. The molecule has 1 saturated heterocycles. The minimum atomic E-state index is -0.605. The molecule has 11 heteroatoms. The van der Waals surface area contributed by atoms with Gasteiger partial charge in [-0.05, 0) is 26.3 Å². The van der Waals surface area contributed by atoms with Gasteiger partial charge in [-0.25, -0.2) is 5.43 Å². The summed E-state index contributed by atoms with van der Waals surface area (Å²) in [5.74, 6) is 1.42. The van der Waals surface area contributed by atoms with Gasteiger partial charge in [0, 0.05) is 26.2 Å². The topological polar surface area (TPSA) is 126 Å². The van der Waals surface area contributed by atoms with Crippen LogP contribution in [0.5, 0.6) is 0 Å². The van der Waals surface area contributed by atoms with Crippen LogP contribution in [0.1, 0.15) is 26.0 Å². The van der Waals surface area contributed by atoms with Gasteiger partial charge in [-0.2, -0.15) is 20.1 Å². The third-order valence-corrected chi connectivity index (χ3v) is 3.95. The summed E-state index contributed by atoms with van der Waals surface area (Å²) in [6, 6.07) is 2.73. The Morgan fingerprint density at radius 1 is 1.35 bits per heavy atom. The molecule has 3 rings (SSSR count). The van der Waals surface area contributed by atoms with Crippen molar-refractivity contribution in [3.05, 3.63) is 28.0 Å². The summed E-state index contributed by atoms with van der Waals surface area (Å²) in [5.41, 5.74) is 2.74. The summed E-state index contributed by atoms with van der Waals surface area (Å²) in [6.07, 6.45) is 2.45. The minimum Gasteiger partial charge on any atom is -0.400 e. The van der Waals surface area contributed by atoms with Crippen LogP contribution in [0.2, 0.25) is 0 Å². The van der Waals surface area contributed by atoms with E-state index in [0.717, 1.165) is 32.6 Å². The van der Waals surface area contributed by atoms with Crippen molar-refractivity contribution >= 4 is 29.9 Å². The van der Waals surface area contributed by atoms with E-state index in [0.29, 0.717) is 17.8 Å². The van der Waals surface area contributed by atoms with Crippen molar-refractivity contribution in [3.8, 4) is 0 Å². The van der Waals surface area contributed by atoms with E-state index in [2.05, 4.69) is 30.4 Å². The summed E-state index contributed by atoms with van der Waals surface area (Å²) < 4.78 is 5.01. The zero-order chi connectivity index (χ0) is 18.5. The lowest BCUT2D eigenvalue weighted by molar-refractivity contribution is -0.402. The van der Waals surface area contributed by atoms with Gasteiger partial charge >= 0.3 is 5.88 Å². The summed E-state index contributed by atoms with van der Waals surface area (Å²) in [4.78, 5) is 27.4. The Morgan fingerprint density at radius 2 is 2.12 bits per heavy atom. The van der Waals surface area contributed by atoms with Crippen LogP contribution in [0.4, 0.5) is 23.7 Å². The second kappa shape index (κ2) is 7.76. The fraction of sp³-hybridized carbons (Fsp3) is 0.467. The molecule has 0 amide bonds. The van der Waals surface area contributed by atoms with Crippen LogP contribution in [-0.4, -0.2) is 52.3 Å². The average molecular weight is 360 g/mol. The van der Waals surface area contributed by atoms with Gasteiger partial charge in [0.1, 0.15) is 4.92 Å². The number of rotatable bonds is 8. The van der Waals surface area contributed by atoms with Gasteiger partial charge in [0.2, 0.25) is 17.8 Å². The summed E-state index contributed by atoms with van der Waals surface area (Å²) in [6.45, 7) is 7.45. The maximum absolute atomic E-state index is 10.6. The molecule has 0 unspecified atom stereocenters. The number of aromatic nitrogens is 3. The van der Waals surface area contributed by atoms with E-state index in [9.17, 15) is 10.1 Å². The van der Waals surface area contributed by atoms with E-state index >= 15 is 0 Å². The first-order valence-corrected chi connectivity index (χ1v) is 8.40. The van der Waals surface area contributed by atoms with Gasteiger partial charge in [-0.3, -0.25) is 10.1 Å². The van der Waals surface area contributed by atoms with Crippen LogP contribution >= 0.6 is 0 Å². The highest BCUT2D eigenvalue weighted by Gasteiger charge is 2.20. The van der Waals surface area contributed by atoms with Crippen LogP contribution < -0.4 is 15.2 Å². The lowest BCUT2D eigenvalue weighted by Gasteiger charge is -2.31. The van der Waals surface area contributed by atoms with E-state index in [1.54, 1.807) is 0 Å². The summed E-state index contributed by atoms with van der Waals surface area (Å²) >= 11 is 0. The fourth-order valence-corrected chi connectivity index (χ4v) is 2.37. The molecule has 0 aromatic carbocycles. The van der Waals surface area contributed by atoms with Crippen molar-refractivity contribution in [1.82, 2.24) is 15.0 Å². The van der Waals surface area contributed by atoms with Gasteiger partial charge in [0.25, 0.3) is 0 Å².